The molecule has 0 N–H and O–H groups in total. The molecule has 1 spiro atoms. The van der Waals surface area contributed by atoms with E-state index in [2.05, 4.69) is 109 Å². The van der Waals surface area contributed by atoms with E-state index in [4.69, 9.17) is 4.98 Å². The molecule has 1 heteroatoms. The predicted octanol–water partition coefficient (Wildman–Crippen LogP) is 10.7. The molecule has 40 heavy (non-hydrogen) atoms. The molecule has 204 valence electrons. The smallest absolute Gasteiger partial charge is 0.0711 e. The maximum absolute atomic E-state index is 5.20. The summed E-state index contributed by atoms with van der Waals surface area (Å²) >= 11 is 0. The van der Waals surface area contributed by atoms with Crippen molar-refractivity contribution in [2.75, 3.05) is 0 Å². The quantitative estimate of drug-likeness (QED) is 0.244. The van der Waals surface area contributed by atoms with Crippen LogP contribution < -0.4 is 0 Å². The van der Waals surface area contributed by atoms with Crippen molar-refractivity contribution in [3.05, 3.63) is 99.8 Å². The molecule has 1 heterocycles. The van der Waals surface area contributed by atoms with Gasteiger partial charge in [0.05, 0.1) is 5.52 Å². The zero-order valence-corrected chi connectivity index (χ0v) is 25.4. The molecular weight excluding hydrogens is 482 g/mol. The minimum atomic E-state index is -0.170. The summed E-state index contributed by atoms with van der Waals surface area (Å²) in [6.07, 6.45) is 13.4. The van der Waals surface area contributed by atoms with Crippen LogP contribution in [0.4, 0.5) is 0 Å². The largest absolute Gasteiger partial charge is 0.256 e. The molecule has 1 nitrogen and oxygen atoms in total. The molecule has 0 bridgehead atoms. The van der Waals surface area contributed by atoms with Gasteiger partial charge in [0.1, 0.15) is 0 Å². The Kier molecular flexibility index (Phi) is 5.73. The van der Waals surface area contributed by atoms with Gasteiger partial charge in [-0.25, -0.2) is 0 Å². The predicted molar refractivity (Wildman–Crippen MR) is 171 cm³/mol. The first-order valence-electron chi connectivity index (χ1n) is 15.7. The maximum atomic E-state index is 5.20. The highest BCUT2D eigenvalue weighted by Crippen LogP contribution is 2.64. The SMILES string of the molecule is CCC(CC)C1=CC2(CC(C(CC)CC)=C1)c1cc3cc(C)ccc3c3c1-c1c2cnc2cccc(c12)C3(C)C. The van der Waals surface area contributed by atoms with Crippen LogP contribution in [0.15, 0.2) is 72.0 Å². The van der Waals surface area contributed by atoms with Crippen LogP contribution in [-0.2, 0) is 10.8 Å². The normalized spacial score (nSPS) is 20.2. The summed E-state index contributed by atoms with van der Waals surface area (Å²) in [5.74, 6) is 1.21. The summed E-state index contributed by atoms with van der Waals surface area (Å²) in [7, 11) is 0. The minimum Gasteiger partial charge on any atom is -0.256 e. The van der Waals surface area contributed by atoms with E-state index < -0.39 is 0 Å². The molecular formula is C39H43N. The lowest BCUT2D eigenvalue weighted by atomic mass is 9.65. The van der Waals surface area contributed by atoms with Crippen molar-refractivity contribution in [2.24, 2.45) is 11.8 Å². The summed E-state index contributed by atoms with van der Waals surface area (Å²) in [5.41, 5.74) is 14.3. The van der Waals surface area contributed by atoms with Gasteiger partial charge in [-0.1, -0.05) is 95.2 Å². The number of aromatic nitrogens is 1. The van der Waals surface area contributed by atoms with E-state index in [1.54, 1.807) is 11.1 Å². The van der Waals surface area contributed by atoms with Gasteiger partial charge in [0, 0.05) is 22.4 Å². The highest BCUT2D eigenvalue weighted by molar-refractivity contribution is 6.11. The Labute approximate surface area is 240 Å². The zero-order chi connectivity index (χ0) is 28.0. The van der Waals surface area contributed by atoms with E-state index in [-0.39, 0.29) is 10.8 Å². The summed E-state index contributed by atoms with van der Waals surface area (Å²) < 4.78 is 0. The van der Waals surface area contributed by atoms with Gasteiger partial charge in [0.15, 0.2) is 0 Å². The van der Waals surface area contributed by atoms with E-state index in [1.807, 2.05) is 0 Å². The second-order valence-corrected chi connectivity index (χ2v) is 13.3. The fourth-order valence-corrected chi connectivity index (χ4v) is 8.81. The molecule has 7 rings (SSSR count). The number of fused-ring (bicyclic) bond motifs is 4. The summed E-state index contributed by atoms with van der Waals surface area (Å²) in [4.78, 5) is 5.20. The molecule has 0 saturated carbocycles. The van der Waals surface area contributed by atoms with Crippen LogP contribution in [0, 0.1) is 18.8 Å². The van der Waals surface area contributed by atoms with E-state index >= 15 is 0 Å². The lowest BCUT2D eigenvalue weighted by molar-refractivity contribution is 0.489. The Balaban J connectivity index is 1.67. The topological polar surface area (TPSA) is 12.9 Å². The van der Waals surface area contributed by atoms with Gasteiger partial charge >= 0.3 is 0 Å². The molecule has 0 amide bonds. The van der Waals surface area contributed by atoms with Gasteiger partial charge < -0.3 is 0 Å². The monoisotopic (exact) mass is 525 g/mol. The third-order valence-electron chi connectivity index (χ3n) is 10.9. The van der Waals surface area contributed by atoms with Gasteiger partial charge in [-0.2, -0.15) is 0 Å². The van der Waals surface area contributed by atoms with Crippen LogP contribution in [0.25, 0.3) is 32.8 Å². The van der Waals surface area contributed by atoms with Crippen molar-refractivity contribution in [1.29, 1.82) is 0 Å². The number of benzene rings is 3. The number of nitrogens with zero attached hydrogens (tertiary/aromatic N) is 1. The van der Waals surface area contributed by atoms with E-state index in [9.17, 15) is 0 Å². The zero-order valence-electron chi connectivity index (χ0n) is 25.4. The molecule has 1 atom stereocenters. The second kappa shape index (κ2) is 8.90. The second-order valence-electron chi connectivity index (χ2n) is 13.3. The number of hydrogen-bond donors (Lipinski definition) is 0. The van der Waals surface area contributed by atoms with Gasteiger partial charge in [-0.3, -0.25) is 4.98 Å². The Morgan fingerprint density at radius 2 is 1.57 bits per heavy atom. The fraction of sp³-hybridized carbons (Fsp3) is 0.410. The lowest BCUT2D eigenvalue weighted by Crippen LogP contribution is -2.29. The highest BCUT2D eigenvalue weighted by Gasteiger charge is 2.50. The molecule has 0 radical (unpaired) electrons. The first-order chi connectivity index (χ1) is 19.3. The van der Waals surface area contributed by atoms with Crippen LogP contribution in [0.5, 0.6) is 0 Å². The molecule has 0 fully saturated rings. The average molecular weight is 526 g/mol. The van der Waals surface area contributed by atoms with Crippen molar-refractivity contribution in [1.82, 2.24) is 4.98 Å². The van der Waals surface area contributed by atoms with Gasteiger partial charge in [0.25, 0.3) is 0 Å². The molecule has 1 unspecified atom stereocenters. The van der Waals surface area contributed by atoms with E-state index in [1.165, 1.54) is 80.8 Å². The van der Waals surface area contributed by atoms with Crippen LogP contribution in [0.1, 0.15) is 101 Å². The Hall–Kier alpha value is -3.19. The Morgan fingerprint density at radius 3 is 2.30 bits per heavy atom. The highest BCUT2D eigenvalue weighted by atomic mass is 14.7. The number of pyridine rings is 1. The number of rotatable bonds is 6. The lowest BCUT2D eigenvalue weighted by Gasteiger charge is -2.38. The Morgan fingerprint density at radius 1 is 0.825 bits per heavy atom. The molecule has 3 aliphatic rings. The van der Waals surface area contributed by atoms with Gasteiger partial charge in [0.2, 0.25) is 0 Å². The molecule has 3 aliphatic carbocycles. The number of aryl methyl sites for hydroxylation is 1. The van der Waals surface area contributed by atoms with E-state index in [0.29, 0.717) is 11.8 Å². The first kappa shape index (κ1) is 25.8. The van der Waals surface area contributed by atoms with Crippen molar-refractivity contribution >= 4 is 21.7 Å². The first-order valence-corrected chi connectivity index (χ1v) is 15.7. The summed E-state index contributed by atoms with van der Waals surface area (Å²) in [5, 5.41) is 4.18. The summed E-state index contributed by atoms with van der Waals surface area (Å²) in [6.45, 7) is 16.6. The molecule has 4 aromatic rings. The van der Waals surface area contributed by atoms with Crippen LogP contribution >= 0.6 is 0 Å². The molecule has 0 aliphatic heterocycles. The third kappa shape index (κ3) is 3.24. The van der Waals surface area contributed by atoms with Gasteiger partial charge in [-0.05, 0) is 113 Å². The third-order valence-corrected chi connectivity index (χ3v) is 10.9. The summed E-state index contributed by atoms with van der Waals surface area (Å²) in [6, 6.07) is 16.5. The average Bonchev–Trinajstić information content (AvgIpc) is 3.20. The van der Waals surface area contributed by atoms with Crippen molar-refractivity contribution < 1.29 is 0 Å². The molecule has 1 aromatic heterocycles. The molecule has 0 saturated heterocycles. The standard InChI is InChI=1S/C39H43N/c1-8-24(9-2)27-18-28(25(10-3)11-4)21-39(20-27)31-19-26-17-23(5)15-16-29(26)37-36(31)35-32(39)22-40-33-14-12-13-30(34(33)35)38(37,6)7/h12-20,22,24-25H,8-11,21H2,1-7H3. The number of hydrogen-bond acceptors (Lipinski definition) is 1. The fourth-order valence-electron chi connectivity index (χ4n) is 8.81. The van der Waals surface area contributed by atoms with Crippen molar-refractivity contribution in [2.45, 2.75) is 91.4 Å². The van der Waals surface area contributed by atoms with Gasteiger partial charge in [-0.15, -0.1) is 0 Å². The van der Waals surface area contributed by atoms with Crippen molar-refractivity contribution in [3.63, 3.8) is 0 Å². The minimum absolute atomic E-state index is 0.109. The van der Waals surface area contributed by atoms with Crippen LogP contribution in [-0.4, -0.2) is 4.98 Å². The Bertz CT molecular complexity index is 1760. The van der Waals surface area contributed by atoms with Crippen LogP contribution in [0.3, 0.4) is 0 Å². The number of allylic oxidation sites excluding steroid dienone is 4. The van der Waals surface area contributed by atoms with Crippen molar-refractivity contribution in [3.8, 4) is 11.1 Å². The van der Waals surface area contributed by atoms with Crippen LogP contribution in [0.2, 0.25) is 0 Å². The van der Waals surface area contributed by atoms with E-state index in [0.717, 1.165) is 11.9 Å². The maximum Gasteiger partial charge on any atom is 0.0711 e. The molecule has 3 aromatic carbocycles.